The third-order valence-corrected chi connectivity index (χ3v) is 4.51. The highest BCUT2D eigenvalue weighted by molar-refractivity contribution is 5.91. The Kier molecular flexibility index (Phi) is 6.30. The molecule has 8 heteroatoms. The maximum absolute atomic E-state index is 12.9. The van der Waals surface area contributed by atoms with Crippen LogP contribution in [-0.2, 0) is 4.79 Å². The molecule has 7 nitrogen and oxygen atoms in total. The van der Waals surface area contributed by atoms with Gasteiger partial charge in [0.1, 0.15) is 11.5 Å². The standard InChI is InChI=1S/C19H22FN5O2/c20-15-3-5-16(6-4-15)23-12-18(26)25-9-1-2-14(13-25)10-24-19(27)17-11-21-7-8-22-17/h3-8,11,14,23H,1-2,9-10,12-13H2,(H,24,27). The van der Waals surface area contributed by atoms with E-state index in [9.17, 15) is 14.0 Å². The molecule has 2 amide bonds. The molecule has 1 atom stereocenters. The van der Waals surface area contributed by atoms with E-state index < -0.39 is 0 Å². The number of rotatable bonds is 6. The van der Waals surface area contributed by atoms with E-state index in [1.54, 1.807) is 17.0 Å². The van der Waals surface area contributed by atoms with Gasteiger partial charge in [-0.3, -0.25) is 14.6 Å². The Labute approximate surface area is 157 Å². The van der Waals surface area contributed by atoms with Crippen LogP contribution in [0.15, 0.2) is 42.9 Å². The normalized spacial score (nSPS) is 16.6. The highest BCUT2D eigenvalue weighted by atomic mass is 19.1. The molecule has 0 spiro atoms. The summed E-state index contributed by atoms with van der Waals surface area (Å²) in [6.07, 6.45) is 6.27. The molecule has 27 heavy (non-hydrogen) atoms. The fourth-order valence-corrected chi connectivity index (χ4v) is 3.06. The van der Waals surface area contributed by atoms with Gasteiger partial charge in [-0.15, -0.1) is 0 Å². The molecule has 1 aliphatic heterocycles. The molecule has 1 aliphatic rings. The van der Waals surface area contributed by atoms with Crippen LogP contribution in [0.5, 0.6) is 0 Å². The van der Waals surface area contributed by atoms with Crippen LogP contribution in [0.4, 0.5) is 10.1 Å². The van der Waals surface area contributed by atoms with E-state index in [1.165, 1.54) is 30.7 Å². The molecular formula is C19H22FN5O2. The summed E-state index contributed by atoms with van der Waals surface area (Å²) < 4.78 is 12.9. The maximum atomic E-state index is 12.9. The van der Waals surface area contributed by atoms with E-state index >= 15 is 0 Å². The summed E-state index contributed by atoms with van der Waals surface area (Å²) in [5.41, 5.74) is 0.985. The Balaban J connectivity index is 1.44. The number of nitrogens with zero attached hydrogens (tertiary/aromatic N) is 3. The third-order valence-electron chi connectivity index (χ3n) is 4.51. The van der Waals surface area contributed by atoms with Crippen LogP contribution >= 0.6 is 0 Å². The molecule has 2 N–H and O–H groups in total. The minimum absolute atomic E-state index is 0.00993. The first-order chi connectivity index (χ1) is 13.1. The van der Waals surface area contributed by atoms with Crippen molar-refractivity contribution in [3.63, 3.8) is 0 Å². The van der Waals surface area contributed by atoms with E-state index in [-0.39, 0.29) is 35.8 Å². The van der Waals surface area contributed by atoms with E-state index in [1.807, 2.05) is 0 Å². The Morgan fingerprint density at radius 2 is 2.04 bits per heavy atom. The maximum Gasteiger partial charge on any atom is 0.271 e. The lowest BCUT2D eigenvalue weighted by molar-refractivity contribution is -0.131. The fourth-order valence-electron chi connectivity index (χ4n) is 3.06. The molecule has 1 fully saturated rings. The van der Waals surface area contributed by atoms with Crippen molar-refractivity contribution in [2.24, 2.45) is 5.92 Å². The second-order valence-electron chi connectivity index (χ2n) is 6.51. The quantitative estimate of drug-likeness (QED) is 0.807. The smallest absolute Gasteiger partial charge is 0.271 e. The lowest BCUT2D eigenvalue weighted by Gasteiger charge is -2.33. The second kappa shape index (κ2) is 9.07. The minimum Gasteiger partial charge on any atom is -0.376 e. The van der Waals surface area contributed by atoms with E-state index in [0.29, 0.717) is 25.3 Å². The number of benzene rings is 1. The molecule has 2 aromatic rings. The van der Waals surface area contributed by atoms with Gasteiger partial charge in [-0.25, -0.2) is 9.37 Å². The van der Waals surface area contributed by atoms with Crippen LogP contribution in [0, 0.1) is 11.7 Å². The molecule has 142 valence electrons. The Morgan fingerprint density at radius 3 is 2.78 bits per heavy atom. The molecule has 2 heterocycles. The highest BCUT2D eigenvalue weighted by Crippen LogP contribution is 2.16. The Hall–Kier alpha value is -3.03. The van der Waals surface area contributed by atoms with Gasteiger partial charge in [0.15, 0.2) is 0 Å². The Morgan fingerprint density at radius 1 is 1.22 bits per heavy atom. The van der Waals surface area contributed by atoms with Crippen LogP contribution in [-0.4, -0.2) is 52.9 Å². The number of amides is 2. The van der Waals surface area contributed by atoms with Crippen molar-refractivity contribution in [1.29, 1.82) is 0 Å². The number of carbonyl (C=O) groups excluding carboxylic acids is 2. The molecule has 0 saturated carbocycles. The van der Waals surface area contributed by atoms with Gasteiger partial charge in [0.25, 0.3) is 5.91 Å². The molecular weight excluding hydrogens is 349 g/mol. The number of nitrogens with one attached hydrogen (secondary N) is 2. The number of likely N-dealkylation sites (tertiary alicyclic amines) is 1. The number of halogens is 1. The minimum atomic E-state index is -0.311. The topological polar surface area (TPSA) is 87.2 Å². The predicted molar refractivity (Wildman–Crippen MR) is 98.6 cm³/mol. The molecule has 1 aromatic heterocycles. The summed E-state index contributed by atoms with van der Waals surface area (Å²) in [6.45, 7) is 1.96. The van der Waals surface area contributed by atoms with Gasteiger partial charge in [-0.2, -0.15) is 0 Å². The van der Waals surface area contributed by atoms with Crippen molar-refractivity contribution in [3.8, 4) is 0 Å². The lowest BCUT2D eigenvalue weighted by atomic mass is 9.98. The molecule has 1 saturated heterocycles. The Bertz CT molecular complexity index is 769. The first-order valence-electron chi connectivity index (χ1n) is 8.93. The van der Waals surface area contributed by atoms with Crippen LogP contribution in [0.2, 0.25) is 0 Å². The van der Waals surface area contributed by atoms with Crippen molar-refractivity contribution < 1.29 is 14.0 Å². The van der Waals surface area contributed by atoms with E-state index in [2.05, 4.69) is 20.6 Å². The zero-order chi connectivity index (χ0) is 19.1. The summed E-state index contributed by atoms with van der Waals surface area (Å²) >= 11 is 0. The number of hydrogen-bond donors (Lipinski definition) is 2. The summed E-state index contributed by atoms with van der Waals surface area (Å²) in [4.78, 5) is 34.1. The van der Waals surface area contributed by atoms with Gasteiger partial charge in [0.2, 0.25) is 5.91 Å². The average molecular weight is 371 g/mol. The highest BCUT2D eigenvalue weighted by Gasteiger charge is 2.24. The molecule has 3 rings (SSSR count). The SMILES string of the molecule is O=C(NCC1CCCN(C(=O)CNc2ccc(F)cc2)C1)c1cnccn1. The predicted octanol–water partition coefficient (Wildman–Crippen LogP) is 1.70. The summed E-state index contributed by atoms with van der Waals surface area (Å²) in [5.74, 6) is -0.378. The van der Waals surface area contributed by atoms with Gasteiger partial charge < -0.3 is 15.5 Å². The van der Waals surface area contributed by atoms with Gasteiger partial charge >= 0.3 is 0 Å². The number of anilines is 1. The first kappa shape index (κ1) is 18.8. The molecule has 0 bridgehead atoms. The summed E-state index contributed by atoms with van der Waals surface area (Å²) in [5, 5.41) is 5.87. The van der Waals surface area contributed by atoms with E-state index in [0.717, 1.165) is 12.8 Å². The van der Waals surface area contributed by atoms with Crippen LogP contribution in [0.3, 0.4) is 0 Å². The van der Waals surface area contributed by atoms with Crippen molar-refractivity contribution in [2.75, 3.05) is 31.5 Å². The van der Waals surface area contributed by atoms with Crippen molar-refractivity contribution in [3.05, 3.63) is 54.4 Å². The van der Waals surface area contributed by atoms with Crippen molar-refractivity contribution >= 4 is 17.5 Å². The number of aromatic nitrogens is 2. The van der Waals surface area contributed by atoms with Gasteiger partial charge in [-0.05, 0) is 43.0 Å². The summed E-state index contributed by atoms with van der Waals surface area (Å²) in [6, 6.07) is 5.90. The zero-order valence-electron chi connectivity index (χ0n) is 14.9. The molecule has 1 aromatic carbocycles. The van der Waals surface area contributed by atoms with Gasteiger partial charge in [0.05, 0.1) is 12.7 Å². The van der Waals surface area contributed by atoms with Crippen molar-refractivity contribution in [2.45, 2.75) is 12.8 Å². The third kappa shape index (κ3) is 5.47. The molecule has 1 unspecified atom stereocenters. The number of carbonyl (C=O) groups is 2. The second-order valence-corrected chi connectivity index (χ2v) is 6.51. The molecule has 0 aliphatic carbocycles. The fraction of sp³-hybridized carbons (Fsp3) is 0.368. The van der Waals surface area contributed by atoms with Gasteiger partial charge in [-0.1, -0.05) is 0 Å². The lowest BCUT2D eigenvalue weighted by Crippen LogP contribution is -2.45. The average Bonchev–Trinajstić information content (AvgIpc) is 2.72. The first-order valence-corrected chi connectivity index (χ1v) is 8.93. The van der Waals surface area contributed by atoms with Crippen LogP contribution < -0.4 is 10.6 Å². The number of hydrogen-bond acceptors (Lipinski definition) is 5. The van der Waals surface area contributed by atoms with Crippen molar-refractivity contribution in [1.82, 2.24) is 20.2 Å². The molecule has 0 radical (unpaired) electrons. The van der Waals surface area contributed by atoms with Gasteiger partial charge in [0, 0.05) is 37.7 Å². The largest absolute Gasteiger partial charge is 0.376 e. The number of piperidine rings is 1. The van der Waals surface area contributed by atoms with Crippen LogP contribution in [0.25, 0.3) is 0 Å². The zero-order valence-corrected chi connectivity index (χ0v) is 14.9. The van der Waals surface area contributed by atoms with E-state index in [4.69, 9.17) is 0 Å². The van der Waals surface area contributed by atoms with Crippen LogP contribution in [0.1, 0.15) is 23.3 Å². The monoisotopic (exact) mass is 371 g/mol. The summed E-state index contributed by atoms with van der Waals surface area (Å²) in [7, 11) is 0.